The number of anilines is 2. The maximum absolute atomic E-state index is 11.8. The van der Waals surface area contributed by atoms with Crippen LogP contribution in [-0.2, 0) is 7.05 Å². The number of thiazole rings is 1. The molecule has 30 heavy (non-hydrogen) atoms. The van der Waals surface area contributed by atoms with Crippen LogP contribution in [0.25, 0.3) is 11.7 Å². The lowest BCUT2D eigenvalue weighted by Crippen LogP contribution is -2.19. The molecule has 3 aromatic heterocycles. The van der Waals surface area contributed by atoms with Crippen LogP contribution in [0.2, 0.25) is 5.02 Å². The van der Waals surface area contributed by atoms with Gasteiger partial charge in [0.25, 0.3) is 0 Å². The van der Waals surface area contributed by atoms with Gasteiger partial charge < -0.3 is 10.4 Å². The van der Waals surface area contributed by atoms with Gasteiger partial charge in [0.1, 0.15) is 5.82 Å². The van der Waals surface area contributed by atoms with E-state index < -0.39 is 0 Å². The summed E-state index contributed by atoms with van der Waals surface area (Å²) in [6.07, 6.45) is 5.49. The first-order valence-electron chi connectivity index (χ1n) is 9.34. The number of halogens is 1. The normalized spacial score (nSPS) is 15.3. The van der Waals surface area contributed by atoms with Crippen LogP contribution in [0.1, 0.15) is 17.7 Å². The number of aromatic hydroxyl groups is 1. The summed E-state index contributed by atoms with van der Waals surface area (Å²) in [7, 11) is 1.53. The standard InChI is InChI=1S/C20H17ClN6O2S/c1-26-19(28)15(30-20(26)29)7-11-10-22-27-17(24-13-5-6-13)9-16(25-18(11)27)23-14-4-2-3-12(21)8-14/h2-4,7-10,13,23,28H,5-6H2,1H3. The van der Waals surface area contributed by atoms with Crippen molar-refractivity contribution in [3.8, 4) is 5.88 Å². The van der Waals surface area contributed by atoms with Crippen LogP contribution in [0.3, 0.4) is 0 Å². The predicted octanol–water partition coefficient (Wildman–Crippen LogP) is 2.20. The SMILES string of the molecule is Cn1c(O)c(C=c2cnn3c(=NC4CC4)cc(Nc4cccc(Cl)c4)nc23)sc1=O. The van der Waals surface area contributed by atoms with Gasteiger partial charge in [-0.25, -0.2) is 4.98 Å². The number of hydrogen-bond acceptors (Lipinski definition) is 7. The summed E-state index contributed by atoms with van der Waals surface area (Å²) in [5.74, 6) is 0.519. The molecule has 1 aliphatic carbocycles. The number of rotatable bonds is 4. The van der Waals surface area contributed by atoms with Crippen molar-refractivity contribution in [2.45, 2.75) is 18.9 Å². The van der Waals surface area contributed by atoms with Gasteiger partial charge in [-0.2, -0.15) is 9.61 Å². The molecule has 1 aromatic carbocycles. The van der Waals surface area contributed by atoms with Crippen LogP contribution in [0.5, 0.6) is 5.88 Å². The summed E-state index contributed by atoms with van der Waals surface area (Å²) in [6, 6.07) is 9.53. The van der Waals surface area contributed by atoms with Gasteiger partial charge in [-0.15, -0.1) is 0 Å². The minimum Gasteiger partial charge on any atom is -0.493 e. The second kappa shape index (κ2) is 7.26. The molecule has 0 unspecified atom stereocenters. The molecule has 5 rings (SSSR count). The summed E-state index contributed by atoms with van der Waals surface area (Å²) >= 11 is 7.06. The fourth-order valence-corrected chi connectivity index (χ4v) is 4.04. The fraction of sp³-hybridized carbons (Fsp3) is 0.200. The van der Waals surface area contributed by atoms with E-state index >= 15 is 0 Å². The van der Waals surface area contributed by atoms with Crippen LogP contribution < -0.4 is 20.9 Å². The topological polar surface area (TPSA) is 96.8 Å². The van der Waals surface area contributed by atoms with Crippen molar-refractivity contribution in [1.82, 2.24) is 19.2 Å². The summed E-state index contributed by atoms with van der Waals surface area (Å²) in [5.41, 5.74) is 2.07. The zero-order chi connectivity index (χ0) is 20.8. The second-order valence-electron chi connectivity index (χ2n) is 7.09. The Kier molecular flexibility index (Phi) is 4.56. The van der Waals surface area contributed by atoms with Gasteiger partial charge in [-0.05, 0) is 37.1 Å². The highest BCUT2D eigenvalue weighted by Gasteiger charge is 2.20. The van der Waals surface area contributed by atoms with Crippen molar-refractivity contribution in [3.63, 3.8) is 0 Å². The van der Waals surface area contributed by atoms with Crippen LogP contribution >= 0.6 is 22.9 Å². The predicted molar refractivity (Wildman–Crippen MR) is 116 cm³/mol. The van der Waals surface area contributed by atoms with Gasteiger partial charge >= 0.3 is 4.87 Å². The van der Waals surface area contributed by atoms with E-state index in [4.69, 9.17) is 21.6 Å². The van der Waals surface area contributed by atoms with Crippen LogP contribution in [0.4, 0.5) is 11.5 Å². The average Bonchev–Trinajstić information content (AvgIpc) is 3.39. The largest absolute Gasteiger partial charge is 0.493 e. The number of nitrogens with one attached hydrogen (secondary N) is 1. The lowest BCUT2D eigenvalue weighted by molar-refractivity contribution is 0.428. The highest BCUT2D eigenvalue weighted by atomic mass is 35.5. The molecule has 152 valence electrons. The highest BCUT2D eigenvalue weighted by Crippen LogP contribution is 2.23. The smallest absolute Gasteiger partial charge is 0.310 e. The summed E-state index contributed by atoms with van der Waals surface area (Å²) in [4.78, 5) is 21.5. The molecule has 2 N–H and O–H groups in total. The van der Waals surface area contributed by atoms with E-state index in [1.165, 1.54) is 11.6 Å². The average molecular weight is 441 g/mol. The number of aromatic nitrogens is 4. The Bertz CT molecular complexity index is 1450. The first kappa shape index (κ1) is 18.8. The molecule has 4 aromatic rings. The molecule has 1 saturated carbocycles. The fourth-order valence-electron chi connectivity index (χ4n) is 3.02. The van der Waals surface area contributed by atoms with Gasteiger partial charge in [0.15, 0.2) is 11.1 Å². The van der Waals surface area contributed by atoms with Crippen LogP contribution in [0.15, 0.2) is 46.3 Å². The summed E-state index contributed by atoms with van der Waals surface area (Å²) in [5, 5.41) is 19.2. The Hall–Kier alpha value is -3.17. The van der Waals surface area contributed by atoms with E-state index in [1.807, 2.05) is 24.3 Å². The number of nitrogens with zero attached hydrogens (tertiary/aromatic N) is 5. The van der Waals surface area contributed by atoms with E-state index in [0.29, 0.717) is 38.1 Å². The monoisotopic (exact) mass is 440 g/mol. The molecule has 1 fully saturated rings. The van der Waals surface area contributed by atoms with Crippen LogP contribution in [-0.4, -0.2) is 30.3 Å². The molecule has 0 amide bonds. The minimum atomic E-state index is -0.240. The Labute approximate surface area is 179 Å². The summed E-state index contributed by atoms with van der Waals surface area (Å²) in [6.45, 7) is 0. The maximum atomic E-state index is 11.8. The number of hydrogen-bond donors (Lipinski definition) is 2. The van der Waals surface area contributed by atoms with Crippen LogP contribution in [0, 0.1) is 0 Å². The van der Waals surface area contributed by atoms with Crippen molar-refractivity contribution in [3.05, 3.63) is 66.8 Å². The highest BCUT2D eigenvalue weighted by molar-refractivity contribution is 7.10. The quantitative estimate of drug-likeness (QED) is 0.507. The van der Waals surface area contributed by atoms with E-state index in [1.54, 1.807) is 22.9 Å². The Morgan fingerprint density at radius 2 is 2.20 bits per heavy atom. The van der Waals surface area contributed by atoms with E-state index in [-0.39, 0.29) is 10.8 Å². The molecule has 1 aliphatic rings. The third-order valence-electron chi connectivity index (χ3n) is 4.73. The lowest BCUT2D eigenvalue weighted by Gasteiger charge is -2.06. The molecule has 0 bridgehead atoms. The van der Waals surface area contributed by atoms with Crippen molar-refractivity contribution in [2.24, 2.45) is 12.0 Å². The second-order valence-corrected chi connectivity index (χ2v) is 8.52. The minimum absolute atomic E-state index is 0.0829. The van der Waals surface area contributed by atoms with Gasteiger partial charge in [0.2, 0.25) is 5.88 Å². The van der Waals surface area contributed by atoms with Gasteiger partial charge in [0, 0.05) is 29.0 Å². The molecule has 0 spiro atoms. The molecule has 0 aliphatic heterocycles. The Balaban J connectivity index is 1.69. The molecule has 0 atom stereocenters. The van der Waals surface area contributed by atoms with Crippen molar-refractivity contribution in [1.29, 1.82) is 0 Å². The molecule has 8 nitrogen and oxygen atoms in total. The molecule has 3 heterocycles. The number of fused-ring (bicyclic) bond motifs is 1. The zero-order valence-electron chi connectivity index (χ0n) is 15.9. The molecular weight excluding hydrogens is 424 g/mol. The van der Waals surface area contributed by atoms with E-state index in [9.17, 15) is 9.90 Å². The third-order valence-corrected chi connectivity index (χ3v) is 5.94. The summed E-state index contributed by atoms with van der Waals surface area (Å²) < 4.78 is 2.88. The van der Waals surface area contributed by atoms with Gasteiger partial charge in [-0.1, -0.05) is 29.0 Å². The van der Waals surface area contributed by atoms with Crippen molar-refractivity contribution >= 4 is 46.2 Å². The first-order valence-corrected chi connectivity index (χ1v) is 10.5. The first-order chi connectivity index (χ1) is 14.5. The Morgan fingerprint density at radius 3 is 2.90 bits per heavy atom. The van der Waals surface area contributed by atoms with E-state index in [2.05, 4.69) is 10.4 Å². The molecular formula is C20H17ClN6O2S. The number of benzene rings is 1. The molecule has 0 saturated heterocycles. The zero-order valence-corrected chi connectivity index (χ0v) is 17.5. The Morgan fingerprint density at radius 1 is 1.37 bits per heavy atom. The molecule has 0 radical (unpaired) electrons. The molecule has 10 heteroatoms. The van der Waals surface area contributed by atoms with Crippen molar-refractivity contribution in [2.75, 3.05) is 5.32 Å². The van der Waals surface area contributed by atoms with E-state index in [0.717, 1.165) is 29.9 Å². The third kappa shape index (κ3) is 3.57. The van der Waals surface area contributed by atoms with Crippen molar-refractivity contribution < 1.29 is 5.11 Å². The maximum Gasteiger partial charge on any atom is 0.310 e. The lowest BCUT2D eigenvalue weighted by atomic mass is 10.3. The van der Waals surface area contributed by atoms with Gasteiger partial charge in [0.05, 0.1) is 17.1 Å². The van der Waals surface area contributed by atoms with Gasteiger partial charge in [-0.3, -0.25) is 14.4 Å².